The predicted molar refractivity (Wildman–Crippen MR) is 163 cm³/mol. The van der Waals surface area contributed by atoms with Crippen LogP contribution in [0.15, 0.2) is 121 Å². The number of rotatable bonds is 1. The molecule has 37 heavy (non-hydrogen) atoms. The fraction of sp³-hybridized carbons (Fsp3) is 0. The molecule has 0 atom stereocenters. The molecule has 0 nitrogen and oxygen atoms in total. The molecule has 0 saturated carbocycles. The summed E-state index contributed by atoms with van der Waals surface area (Å²) in [6, 6.07) is 45.1. The van der Waals surface area contributed by atoms with Gasteiger partial charge < -0.3 is 0 Å². The summed E-state index contributed by atoms with van der Waals surface area (Å²) in [5, 5.41) is 16.1. The van der Waals surface area contributed by atoms with E-state index in [9.17, 15) is 0 Å². The lowest BCUT2D eigenvalue weighted by Crippen LogP contribution is -1.91. The van der Waals surface area contributed by atoms with E-state index in [1.165, 1.54) is 85.2 Å². The summed E-state index contributed by atoms with van der Waals surface area (Å²) in [5.41, 5.74) is 2.61. The van der Waals surface area contributed by atoms with E-state index < -0.39 is 0 Å². The maximum Gasteiger partial charge on any atom is 0.0433 e. The van der Waals surface area contributed by atoms with Crippen molar-refractivity contribution < 1.29 is 0 Å². The Hall–Kier alpha value is -4.46. The molecule has 0 amide bonds. The first kappa shape index (κ1) is 19.7. The minimum Gasteiger partial charge on any atom is -0.135 e. The van der Waals surface area contributed by atoms with Crippen molar-refractivity contribution in [3.8, 4) is 11.1 Å². The van der Waals surface area contributed by atoms with Gasteiger partial charge in [0.15, 0.2) is 0 Å². The molecule has 1 heteroatoms. The van der Waals surface area contributed by atoms with Crippen LogP contribution < -0.4 is 0 Å². The average Bonchev–Trinajstić information content (AvgIpc) is 3.35. The topological polar surface area (TPSA) is 0 Å². The molecule has 0 aliphatic carbocycles. The highest BCUT2D eigenvalue weighted by atomic mass is 32.1. The van der Waals surface area contributed by atoms with E-state index in [4.69, 9.17) is 0 Å². The van der Waals surface area contributed by atoms with E-state index in [0.717, 1.165) is 0 Å². The van der Waals surface area contributed by atoms with Crippen molar-refractivity contribution in [2.75, 3.05) is 0 Å². The molecule has 8 aromatic carbocycles. The van der Waals surface area contributed by atoms with Gasteiger partial charge in [-0.25, -0.2) is 0 Å². The molecule has 0 aliphatic rings. The lowest BCUT2D eigenvalue weighted by molar-refractivity contribution is 1.74. The van der Waals surface area contributed by atoms with E-state index in [0.29, 0.717) is 0 Å². The van der Waals surface area contributed by atoms with Crippen molar-refractivity contribution in [1.82, 2.24) is 0 Å². The predicted octanol–water partition coefficient (Wildman–Crippen LogP) is 10.9. The zero-order valence-corrected chi connectivity index (χ0v) is 20.8. The molecular weight excluding hydrogens is 464 g/mol. The van der Waals surface area contributed by atoms with Gasteiger partial charge in [-0.3, -0.25) is 0 Å². The summed E-state index contributed by atoms with van der Waals surface area (Å²) in [6.07, 6.45) is 0. The van der Waals surface area contributed by atoms with Crippen LogP contribution in [0.25, 0.3) is 85.2 Å². The van der Waals surface area contributed by atoms with Crippen LogP contribution in [0.2, 0.25) is 0 Å². The minimum atomic E-state index is 1.29. The maximum atomic E-state index is 2.45. The number of hydrogen-bond acceptors (Lipinski definition) is 1. The van der Waals surface area contributed by atoms with Crippen LogP contribution in [-0.4, -0.2) is 0 Å². The molecule has 1 heterocycles. The van der Waals surface area contributed by atoms with Crippen molar-refractivity contribution in [3.05, 3.63) is 121 Å². The van der Waals surface area contributed by atoms with Crippen LogP contribution in [0.5, 0.6) is 0 Å². The van der Waals surface area contributed by atoms with Gasteiger partial charge >= 0.3 is 0 Å². The van der Waals surface area contributed by atoms with Gasteiger partial charge in [0.25, 0.3) is 0 Å². The highest BCUT2D eigenvalue weighted by Crippen LogP contribution is 2.47. The van der Waals surface area contributed by atoms with Gasteiger partial charge in [-0.05, 0) is 83.2 Å². The first-order valence-electron chi connectivity index (χ1n) is 12.8. The zero-order chi connectivity index (χ0) is 24.1. The molecule has 0 unspecified atom stereocenters. The average molecular weight is 485 g/mol. The Labute approximate surface area is 217 Å². The fourth-order valence-electron chi connectivity index (χ4n) is 6.64. The normalized spacial score (nSPS) is 12.3. The molecule has 9 aromatic rings. The molecule has 0 saturated heterocycles. The Morgan fingerprint density at radius 3 is 1.46 bits per heavy atom. The second-order valence-corrected chi connectivity index (χ2v) is 11.1. The highest BCUT2D eigenvalue weighted by molar-refractivity contribution is 7.26. The molecule has 0 fully saturated rings. The molecule has 0 radical (unpaired) electrons. The summed E-state index contributed by atoms with van der Waals surface area (Å²) in [7, 11) is 0. The Bertz CT molecular complexity index is 2250. The van der Waals surface area contributed by atoms with E-state index in [-0.39, 0.29) is 0 Å². The van der Waals surface area contributed by atoms with Crippen molar-refractivity contribution in [1.29, 1.82) is 0 Å². The van der Waals surface area contributed by atoms with E-state index >= 15 is 0 Å². The summed E-state index contributed by atoms with van der Waals surface area (Å²) < 4.78 is 2.71. The minimum absolute atomic E-state index is 1.29. The smallest absolute Gasteiger partial charge is 0.0433 e. The van der Waals surface area contributed by atoms with Crippen LogP contribution in [0.3, 0.4) is 0 Å². The molecule has 0 N–H and O–H groups in total. The van der Waals surface area contributed by atoms with Gasteiger partial charge in [0.05, 0.1) is 0 Å². The molecule has 1 aromatic heterocycles. The van der Waals surface area contributed by atoms with E-state index in [2.05, 4.69) is 121 Å². The second-order valence-electron chi connectivity index (χ2n) is 10.0. The molecule has 0 bridgehead atoms. The number of benzene rings is 8. The SMILES string of the molecule is c1ccc2c(c1)sc1c(-c3cc4c5ccccc5c5cccc6c7ccccc7c(c3)c4c56)cccc12. The third kappa shape index (κ3) is 2.52. The first-order valence-corrected chi connectivity index (χ1v) is 13.6. The van der Waals surface area contributed by atoms with Crippen LogP contribution in [0, 0.1) is 0 Å². The zero-order valence-electron chi connectivity index (χ0n) is 20.0. The largest absolute Gasteiger partial charge is 0.135 e. The summed E-state index contributed by atoms with van der Waals surface area (Å²) in [5.74, 6) is 0. The molecule has 9 rings (SSSR count). The van der Waals surface area contributed by atoms with Crippen LogP contribution in [0.1, 0.15) is 0 Å². The van der Waals surface area contributed by atoms with Crippen LogP contribution in [-0.2, 0) is 0 Å². The Balaban J connectivity index is 1.55. The summed E-state index contributed by atoms with van der Waals surface area (Å²) in [4.78, 5) is 0. The molecular formula is C36H20S. The summed E-state index contributed by atoms with van der Waals surface area (Å²) >= 11 is 1.91. The van der Waals surface area contributed by atoms with Gasteiger partial charge in [0, 0.05) is 20.2 Å². The van der Waals surface area contributed by atoms with Crippen molar-refractivity contribution in [2.45, 2.75) is 0 Å². The van der Waals surface area contributed by atoms with Crippen molar-refractivity contribution in [3.63, 3.8) is 0 Å². The lowest BCUT2D eigenvalue weighted by atomic mass is 9.84. The lowest BCUT2D eigenvalue weighted by Gasteiger charge is -2.19. The van der Waals surface area contributed by atoms with Crippen LogP contribution in [0.4, 0.5) is 0 Å². The van der Waals surface area contributed by atoms with Crippen molar-refractivity contribution in [2.24, 2.45) is 0 Å². The molecule has 0 spiro atoms. The second kappa shape index (κ2) is 7.06. The number of fused-ring (bicyclic) bond motifs is 9. The van der Waals surface area contributed by atoms with Crippen LogP contribution >= 0.6 is 11.3 Å². The van der Waals surface area contributed by atoms with Gasteiger partial charge in [-0.2, -0.15) is 0 Å². The van der Waals surface area contributed by atoms with Crippen molar-refractivity contribution >= 4 is 85.4 Å². The fourth-order valence-corrected chi connectivity index (χ4v) is 7.88. The van der Waals surface area contributed by atoms with E-state index in [1.54, 1.807) is 0 Å². The summed E-state index contributed by atoms with van der Waals surface area (Å²) in [6.45, 7) is 0. The first-order chi connectivity index (χ1) is 18.4. The molecule has 0 aliphatic heterocycles. The highest BCUT2D eigenvalue weighted by Gasteiger charge is 2.19. The maximum absolute atomic E-state index is 2.45. The van der Waals surface area contributed by atoms with Gasteiger partial charge in [0.1, 0.15) is 0 Å². The monoisotopic (exact) mass is 484 g/mol. The standard InChI is InChI=1S/C36H20S/c1-3-11-25-23(9-1)28-15-8-16-29-24-10-2-4-12-26(24)32-20-21(19-31(25)35(32)34(28)29)22-14-7-17-30-27-13-5-6-18-33(27)37-36(22)30/h1-20H. The third-order valence-electron chi connectivity index (χ3n) is 8.18. The number of thiophene rings is 1. The van der Waals surface area contributed by atoms with Gasteiger partial charge in [-0.15, -0.1) is 11.3 Å². The number of hydrogen-bond donors (Lipinski definition) is 0. The Morgan fingerprint density at radius 2 is 0.811 bits per heavy atom. The third-order valence-corrected chi connectivity index (χ3v) is 9.40. The van der Waals surface area contributed by atoms with Gasteiger partial charge in [0.2, 0.25) is 0 Å². The Kier molecular flexibility index (Phi) is 3.76. The molecule has 170 valence electrons. The quantitative estimate of drug-likeness (QED) is 0.160. The van der Waals surface area contributed by atoms with E-state index in [1.807, 2.05) is 11.3 Å². The van der Waals surface area contributed by atoms with Gasteiger partial charge in [-0.1, -0.05) is 103 Å². The Morgan fingerprint density at radius 1 is 0.351 bits per heavy atom.